The molecule has 0 bridgehead atoms. The van der Waals surface area contributed by atoms with Gasteiger partial charge in [-0.25, -0.2) is 8.42 Å². The molecule has 0 unspecified atom stereocenters. The summed E-state index contributed by atoms with van der Waals surface area (Å²) in [4.78, 5) is 13.0. The third kappa shape index (κ3) is 5.05. The highest BCUT2D eigenvalue weighted by atomic mass is 32.2. The van der Waals surface area contributed by atoms with Gasteiger partial charge in [-0.15, -0.1) is 11.8 Å². The number of nitrogens with one attached hydrogen (secondary N) is 2. The van der Waals surface area contributed by atoms with Crippen molar-refractivity contribution >= 4 is 39.1 Å². The Bertz CT molecular complexity index is 944. The molecule has 0 aromatic heterocycles. The molecule has 2 aromatic rings. The third-order valence-electron chi connectivity index (χ3n) is 4.18. The zero-order valence-electron chi connectivity index (χ0n) is 16.5. The lowest BCUT2D eigenvalue weighted by Crippen LogP contribution is -2.19. The second-order valence-electron chi connectivity index (χ2n) is 6.89. The molecule has 7 heteroatoms. The van der Waals surface area contributed by atoms with Gasteiger partial charge in [0.25, 0.3) is 10.0 Å². The molecule has 2 aromatic carbocycles. The number of benzene rings is 2. The largest absolute Gasteiger partial charge is 0.325 e. The number of rotatable bonds is 6. The lowest BCUT2D eigenvalue weighted by Gasteiger charge is -2.16. The number of anilines is 2. The number of hydrogen-bond donors (Lipinski definition) is 2. The van der Waals surface area contributed by atoms with Gasteiger partial charge >= 0.3 is 0 Å². The first-order valence-electron chi connectivity index (χ1n) is 8.64. The van der Waals surface area contributed by atoms with Gasteiger partial charge in [0, 0.05) is 10.8 Å². The first-order chi connectivity index (χ1) is 12.5. The van der Waals surface area contributed by atoms with Crippen LogP contribution >= 0.6 is 11.8 Å². The maximum absolute atomic E-state index is 12.9. The van der Waals surface area contributed by atoms with Crippen LogP contribution in [0.15, 0.2) is 40.1 Å². The van der Waals surface area contributed by atoms with Crippen molar-refractivity contribution in [3.63, 3.8) is 0 Å². The summed E-state index contributed by atoms with van der Waals surface area (Å²) in [5, 5.41) is 2.82. The highest BCUT2D eigenvalue weighted by Crippen LogP contribution is 2.30. The van der Waals surface area contributed by atoms with E-state index >= 15 is 0 Å². The summed E-state index contributed by atoms with van der Waals surface area (Å²) in [5.41, 5.74) is 3.90. The summed E-state index contributed by atoms with van der Waals surface area (Å²) >= 11 is 1.45. The van der Waals surface area contributed by atoms with Crippen LogP contribution in [0.2, 0.25) is 0 Å². The molecule has 0 aliphatic carbocycles. The van der Waals surface area contributed by atoms with E-state index in [4.69, 9.17) is 0 Å². The van der Waals surface area contributed by atoms with Crippen LogP contribution in [0.5, 0.6) is 0 Å². The van der Waals surface area contributed by atoms with E-state index in [2.05, 4.69) is 10.0 Å². The Morgan fingerprint density at radius 3 is 2.15 bits per heavy atom. The first-order valence-corrected chi connectivity index (χ1v) is 11.4. The normalized spacial score (nSPS) is 11.5. The molecule has 27 heavy (non-hydrogen) atoms. The van der Waals surface area contributed by atoms with Crippen LogP contribution in [-0.2, 0) is 14.8 Å². The molecule has 0 saturated carbocycles. The molecule has 2 N–H and O–H groups in total. The lowest BCUT2D eigenvalue weighted by molar-refractivity contribution is -0.118. The van der Waals surface area contributed by atoms with Crippen LogP contribution in [0.1, 0.15) is 30.5 Å². The van der Waals surface area contributed by atoms with E-state index < -0.39 is 10.0 Å². The summed E-state index contributed by atoms with van der Waals surface area (Å²) in [7, 11) is -3.79. The number of sulfonamides is 1. The van der Waals surface area contributed by atoms with E-state index in [-0.39, 0.29) is 16.7 Å². The standard InChI is InChI=1S/C20H26N2O3S2/c1-12(2)20(23)21-17-11-16(7-8-18(17)26-6)27(24,25)22-19-14(4)9-13(3)10-15(19)5/h7-12,22H,1-6H3,(H,21,23). The van der Waals surface area contributed by atoms with Crippen LogP contribution in [0, 0.1) is 26.7 Å². The fourth-order valence-electron chi connectivity index (χ4n) is 2.76. The summed E-state index contributed by atoms with van der Waals surface area (Å²) in [6.45, 7) is 9.31. The van der Waals surface area contributed by atoms with Crippen LogP contribution in [0.4, 0.5) is 11.4 Å². The topological polar surface area (TPSA) is 75.3 Å². The van der Waals surface area contributed by atoms with Gasteiger partial charge in [0.05, 0.1) is 16.3 Å². The molecule has 0 aliphatic rings. The summed E-state index contributed by atoms with van der Waals surface area (Å²) in [6.07, 6.45) is 1.88. The molecule has 0 radical (unpaired) electrons. The molecule has 0 fully saturated rings. The maximum Gasteiger partial charge on any atom is 0.261 e. The Labute approximate surface area is 166 Å². The quantitative estimate of drug-likeness (QED) is 0.680. The van der Waals surface area contributed by atoms with E-state index in [0.717, 1.165) is 21.6 Å². The zero-order valence-corrected chi connectivity index (χ0v) is 18.1. The molecule has 0 aliphatic heterocycles. The first kappa shape index (κ1) is 21.3. The van der Waals surface area contributed by atoms with Gasteiger partial charge < -0.3 is 5.32 Å². The fourth-order valence-corrected chi connectivity index (χ4v) is 4.53. The Morgan fingerprint density at radius 2 is 1.63 bits per heavy atom. The number of amides is 1. The summed E-state index contributed by atoms with van der Waals surface area (Å²) < 4.78 is 28.6. The van der Waals surface area contributed by atoms with E-state index in [0.29, 0.717) is 11.4 Å². The number of carbonyl (C=O) groups is 1. The minimum absolute atomic E-state index is 0.110. The van der Waals surface area contributed by atoms with Crippen molar-refractivity contribution in [2.24, 2.45) is 5.92 Å². The third-order valence-corrected chi connectivity index (χ3v) is 6.32. The van der Waals surface area contributed by atoms with Crippen molar-refractivity contribution in [3.05, 3.63) is 47.0 Å². The molecular formula is C20H26N2O3S2. The summed E-state index contributed by atoms with van der Waals surface area (Å²) in [5.74, 6) is -0.353. The summed E-state index contributed by atoms with van der Waals surface area (Å²) in [6, 6.07) is 8.65. The number of thioether (sulfide) groups is 1. The minimum Gasteiger partial charge on any atom is -0.325 e. The van der Waals surface area contributed by atoms with Crippen LogP contribution in [0.3, 0.4) is 0 Å². The average molecular weight is 407 g/mol. The fraction of sp³-hybridized carbons (Fsp3) is 0.350. The van der Waals surface area contributed by atoms with E-state index in [1.807, 2.05) is 39.2 Å². The predicted octanol–water partition coefficient (Wildman–Crippen LogP) is 4.73. The van der Waals surface area contributed by atoms with Gasteiger partial charge in [-0.05, 0) is 56.4 Å². The average Bonchev–Trinajstić information content (AvgIpc) is 2.58. The van der Waals surface area contributed by atoms with E-state index in [9.17, 15) is 13.2 Å². The minimum atomic E-state index is -3.79. The smallest absolute Gasteiger partial charge is 0.261 e. The second-order valence-corrected chi connectivity index (χ2v) is 9.42. The Hall–Kier alpha value is -1.99. The van der Waals surface area contributed by atoms with Gasteiger partial charge in [0.15, 0.2) is 0 Å². The van der Waals surface area contributed by atoms with Gasteiger partial charge in [-0.3, -0.25) is 9.52 Å². The number of hydrogen-bond acceptors (Lipinski definition) is 4. The maximum atomic E-state index is 12.9. The molecule has 146 valence electrons. The SMILES string of the molecule is CSc1ccc(S(=O)(=O)Nc2c(C)cc(C)cc2C)cc1NC(=O)C(C)C. The second kappa shape index (κ2) is 8.35. The Balaban J connectivity index is 2.43. The number of carbonyl (C=O) groups excluding carboxylic acids is 1. The molecule has 0 atom stereocenters. The van der Waals surface area contributed by atoms with E-state index in [1.54, 1.807) is 26.0 Å². The van der Waals surface area contributed by atoms with Crippen molar-refractivity contribution in [3.8, 4) is 0 Å². The van der Waals surface area contributed by atoms with Gasteiger partial charge in [-0.1, -0.05) is 31.5 Å². The van der Waals surface area contributed by atoms with Crippen molar-refractivity contribution in [2.75, 3.05) is 16.3 Å². The zero-order chi connectivity index (χ0) is 20.4. The highest BCUT2D eigenvalue weighted by Gasteiger charge is 2.19. The van der Waals surface area contributed by atoms with E-state index in [1.165, 1.54) is 17.8 Å². The van der Waals surface area contributed by atoms with Gasteiger partial charge in [-0.2, -0.15) is 0 Å². The molecule has 5 nitrogen and oxygen atoms in total. The Morgan fingerprint density at radius 1 is 1.04 bits per heavy atom. The number of aryl methyl sites for hydroxylation is 3. The molecule has 0 spiro atoms. The van der Waals surface area contributed by atoms with Crippen LogP contribution in [-0.4, -0.2) is 20.6 Å². The van der Waals surface area contributed by atoms with Gasteiger partial charge in [0.1, 0.15) is 0 Å². The van der Waals surface area contributed by atoms with Crippen molar-refractivity contribution in [1.82, 2.24) is 0 Å². The molecule has 1 amide bonds. The lowest BCUT2D eigenvalue weighted by atomic mass is 10.1. The molecule has 0 heterocycles. The monoisotopic (exact) mass is 406 g/mol. The molecule has 0 saturated heterocycles. The Kier molecular flexibility index (Phi) is 6.59. The predicted molar refractivity (Wildman–Crippen MR) is 113 cm³/mol. The highest BCUT2D eigenvalue weighted by molar-refractivity contribution is 7.98. The van der Waals surface area contributed by atoms with Crippen molar-refractivity contribution in [1.29, 1.82) is 0 Å². The molecular weight excluding hydrogens is 380 g/mol. The van der Waals surface area contributed by atoms with Crippen molar-refractivity contribution in [2.45, 2.75) is 44.4 Å². The molecule has 2 rings (SSSR count). The van der Waals surface area contributed by atoms with Crippen LogP contribution in [0.25, 0.3) is 0 Å². The van der Waals surface area contributed by atoms with Crippen molar-refractivity contribution < 1.29 is 13.2 Å². The van der Waals surface area contributed by atoms with Gasteiger partial charge in [0.2, 0.25) is 5.91 Å². The van der Waals surface area contributed by atoms with Crippen LogP contribution < -0.4 is 10.0 Å².